The summed E-state index contributed by atoms with van der Waals surface area (Å²) in [5.41, 5.74) is 6.49. The molecule has 0 spiro atoms. The molecule has 0 aliphatic heterocycles. The van der Waals surface area contributed by atoms with E-state index >= 15 is 0 Å². The van der Waals surface area contributed by atoms with Crippen LogP contribution in [0.4, 0.5) is 0 Å². The number of ether oxygens (including phenoxy) is 1. The molecule has 0 aromatic carbocycles. The zero-order chi connectivity index (χ0) is 11.6. The van der Waals surface area contributed by atoms with Gasteiger partial charge in [-0.05, 0) is 55.4 Å². The molecular formula is C14H27NO. The lowest BCUT2D eigenvalue weighted by Crippen LogP contribution is -2.37. The molecule has 2 N–H and O–H groups in total. The third-order valence-electron chi connectivity index (χ3n) is 4.70. The Morgan fingerprint density at radius 2 is 2.19 bits per heavy atom. The Morgan fingerprint density at radius 3 is 2.69 bits per heavy atom. The van der Waals surface area contributed by atoms with Gasteiger partial charge in [0, 0.05) is 13.2 Å². The molecule has 2 rings (SSSR count). The Bertz CT molecular complexity index is 229. The molecule has 2 aliphatic carbocycles. The average molecular weight is 225 g/mol. The van der Waals surface area contributed by atoms with E-state index in [1.165, 1.54) is 32.1 Å². The van der Waals surface area contributed by atoms with Gasteiger partial charge in [-0.1, -0.05) is 20.3 Å². The van der Waals surface area contributed by atoms with Gasteiger partial charge in [0.05, 0.1) is 0 Å². The third kappa shape index (κ3) is 2.43. The van der Waals surface area contributed by atoms with Gasteiger partial charge < -0.3 is 10.5 Å². The molecule has 2 saturated carbocycles. The largest absolute Gasteiger partial charge is 0.381 e. The second-order valence-electron chi connectivity index (χ2n) is 6.37. The summed E-state index contributed by atoms with van der Waals surface area (Å²) >= 11 is 0. The topological polar surface area (TPSA) is 35.2 Å². The monoisotopic (exact) mass is 225 g/mol. The van der Waals surface area contributed by atoms with Gasteiger partial charge in [0.2, 0.25) is 0 Å². The van der Waals surface area contributed by atoms with Gasteiger partial charge in [0.1, 0.15) is 0 Å². The zero-order valence-electron chi connectivity index (χ0n) is 10.9. The van der Waals surface area contributed by atoms with Crippen molar-refractivity contribution in [1.29, 1.82) is 0 Å². The average Bonchev–Trinajstić information content (AvgIpc) is 2.84. The summed E-state index contributed by atoms with van der Waals surface area (Å²) in [5, 5.41) is 0. The standard InChI is InChI=1S/C14H27NO/c1-11(2)9-16-6-5-14(10-15)8-12-3-4-13(14)7-12/h11-13H,3-10,15H2,1-2H3. The van der Waals surface area contributed by atoms with Crippen molar-refractivity contribution in [1.82, 2.24) is 0 Å². The number of hydrogen-bond donors (Lipinski definition) is 1. The summed E-state index contributed by atoms with van der Waals surface area (Å²) in [6, 6.07) is 0. The van der Waals surface area contributed by atoms with Crippen molar-refractivity contribution in [3.8, 4) is 0 Å². The molecule has 0 amide bonds. The molecule has 2 fully saturated rings. The van der Waals surface area contributed by atoms with Crippen molar-refractivity contribution in [3.63, 3.8) is 0 Å². The molecule has 0 saturated heterocycles. The third-order valence-corrected chi connectivity index (χ3v) is 4.70. The SMILES string of the molecule is CC(C)COCCC1(CN)CC2CCC1C2. The molecule has 2 nitrogen and oxygen atoms in total. The lowest BCUT2D eigenvalue weighted by molar-refractivity contribution is 0.0561. The quantitative estimate of drug-likeness (QED) is 0.705. The van der Waals surface area contributed by atoms with Gasteiger partial charge in [0.25, 0.3) is 0 Å². The van der Waals surface area contributed by atoms with Crippen LogP contribution < -0.4 is 5.73 Å². The minimum Gasteiger partial charge on any atom is -0.381 e. The first kappa shape index (κ1) is 12.4. The first-order valence-corrected chi connectivity index (χ1v) is 6.94. The highest BCUT2D eigenvalue weighted by atomic mass is 16.5. The van der Waals surface area contributed by atoms with Gasteiger partial charge in [0.15, 0.2) is 0 Å². The van der Waals surface area contributed by atoms with Gasteiger partial charge in [-0.15, -0.1) is 0 Å². The fraction of sp³-hybridized carbons (Fsp3) is 1.00. The Balaban J connectivity index is 1.77. The number of hydrogen-bond acceptors (Lipinski definition) is 2. The number of fused-ring (bicyclic) bond motifs is 2. The van der Waals surface area contributed by atoms with Crippen LogP contribution in [0.2, 0.25) is 0 Å². The summed E-state index contributed by atoms with van der Waals surface area (Å²) in [5.74, 6) is 2.54. The minimum atomic E-state index is 0.444. The number of rotatable bonds is 6. The van der Waals surface area contributed by atoms with E-state index in [-0.39, 0.29) is 0 Å². The first-order valence-electron chi connectivity index (χ1n) is 6.94. The van der Waals surface area contributed by atoms with Crippen molar-refractivity contribution in [2.45, 2.75) is 46.0 Å². The zero-order valence-corrected chi connectivity index (χ0v) is 10.9. The van der Waals surface area contributed by atoms with E-state index in [2.05, 4.69) is 13.8 Å². The van der Waals surface area contributed by atoms with Crippen LogP contribution in [0.25, 0.3) is 0 Å². The maximum atomic E-state index is 6.04. The van der Waals surface area contributed by atoms with Crippen LogP contribution in [-0.2, 0) is 4.74 Å². The van der Waals surface area contributed by atoms with E-state index in [4.69, 9.17) is 10.5 Å². The van der Waals surface area contributed by atoms with Crippen molar-refractivity contribution in [2.75, 3.05) is 19.8 Å². The predicted molar refractivity (Wildman–Crippen MR) is 67.2 cm³/mol. The molecular weight excluding hydrogens is 198 g/mol. The lowest BCUT2D eigenvalue weighted by atomic mass is 9.71. The lowest BCUT2D eigenvalue weighted by Gasteiger charge is -2.36. The van der Waals surface area contributed by atoms with Crippen LogP contribution >= 0.6 is 0 Å². The molecule has 16 heavy (non-hydrogen) atoms. The maximum Gasteiger partial charge on any atom is 0.0488 e. The molecule has 3 unspecified atom stereocenters. The van der Waals surface area contributed by atoms with Crippen LogP contribution in [0.1, 0.15) is 46.0 Å². The van der Waals surface area contributed by atoms with E-state index in [1.807, 2.05) is 0 Å². The van der Waals surface area contributed by atoms with Crippen molar-refractivity contribution >= 4 is 0 Å². The molecule has 2 bridgehead atoms. The Kier molecular flexibility index (Phi) is 3.91. The molecule has 3 atom stereocenters. The molecule has 94 valence electrons. The molecule has 0 aromatic rings. The fourth-order valence-corrected chi connectivity index (χ4v) is 3.81. The highest BCUT2D eigenvalue weighted by Gasteiger charge is 2.49. The Morgan fingerprint density at radius 1 is 1.38 bits per heavy atom. The van der Waals surface area contributed by atoms with Crippen LogP contribution in [0.3, 0.4) is 0 Å². The molecule has 2 aliphatic rings. The highest BCUT2D eigenvalue weighted by Crippen LogP contribution is 2.57. The van der Waals surface area contributed by atoms with E-state index in [1.54, 1.807) is 0 Å². The van der Waals surface area contributed by atoms with E-state index < -0.39 is 0 Å². The second kappa shape index (κ2) is 5.05. The van der Waals surface area contributed by atoms with Crippen LogP contribution in [0, 0.1) is 23.2 Å². The number of nitrogens with two attached hydrogens (primary N) is 1. The second-order valence-corrected chi connectivity index (χ2v) is 6.37. The molecule has 2 heteroatoms. The molecule has 0 radical (unpaired) electrons. The Labute approximate surface area is 99.9 Å². The van der Waals surface area contributed by atoms with Crippen LogP contribution in [-0.4, -0.2) is 19.8 Å². The van der Waals surface area contributed by atoms with E-state index in [0.717, 1.165) is 31.6 Å². The fourth-order valence-electron chi connectivity index (χ4n) is 3.81. The van der Waals surface area contributed by atoms with Crippen molar-refractivity contribution in [2.24, 2.45) is 28.9 Å². The Hall–Kier alpha value is -0.0800. The van der Waals surface area contributed by atoms with Crippen molar-refractivity contribution < 1.29 is 4.74 Å². The van der Waals surface area contributed by atoms with E-state index in [9.17, 15) is 0 Å². The van der Waals surface area contributed by atoms with Gasteiger partial charge >= 0.3 is 0 Å². The van der Waals surface area contributed by atoms with Crippen molar-refractivity contribution in [3.05, 3.63) is 0 Å². The maximum absolute atomic E-state index is 6.04. The van der Waals surface area contributed by atoms with Gasteiger partial charge in [-0.25, -0.2) is 0 Å². The molecule has 0 aromatic heterocycles. The van der Waals surface area contributed by atoms with Gasteiger partial charge in [-0.3, -0.25) is 0 Å². The smallest absolute Gasteiger partial charge is 0.0488 e. The van der Waals surface area contributed by atoms with Gasteiger partial charge in [-0.2, -0.15) is 0 Å². The van der Waals surface area contributed by atoms with E-state index in [0.29, 0.717) is 11.3 Å². The normalized spacial score (nSPS) is 37.5. The summed E-state index contributed by atoms with van der Waals surface area (Å²) in [6.07, 6.45) is 6.89. The summed E-state index contributed by atoms with van der Waals surface area (Å²) in [6.45, 7) is 7.10. The molecule has 0 heterocycles. The van der Waals surface area contributed by atoms with Crippen LogP contribution in [0.15, 0.2) is 0 Å². The summed E-state index contributed by atoms with van der Waals surface area (Å²) in [4.78, 5) is 0. The predicted octanol–water partition coefficient (Wildman–Crippen LogP) is 2.81. The summed E-state index contributed by atoms with van der Waals surface area (Å²) < 4.78 is 5.74. The minimum absolute atomic E-state index is 0.444. The first-order chi connectivity index (χ1) is 7.66. The highest BCUT2D eigenvalue weighted by molar-refractivity contribution is 5.00. The summed E-state index contributed by atoms with van der Waals surface area (Å²) in [7, 11) is 0. The van der Waals surface area contributed by atoms with Crippen LogP contribution in [0.5, 0.6) is 0 Å².